The van der Waals surface area contributed by atoms with Crippen LogP contribution >= 0.6 is 12.6 Å². The maximum Gasteiger partial charge on any atom is 0.326 e. The van der Waals surface area contributed by atoms with Crippen molar-refractivity contribution >= 4 is 36.3 Å². The summed E-state index contributed by atoms with van der Waals surface area (Å²) in [4.78, 5) is 48.0. The van der Waals surface area contributed by atoms with Crippen LogP contribution in [0.4, 0.5) is 0 Å². The first-order valence-corrected chi connectivity index (χ1v) is 9.74. The fourth-order valence-electron chi connectivity index (χ4n) is 2.17. The average molecular weight is 421 g/mol. The van der Waals surface area contributed by atoms with Gasteiger partial charge < -0.3 is 31.9 Å². The number of nitrogens with one attached hydrogen (secondary N) is 3. The van der Waals surface area contributed by atoms with Gasteiger partial charge in [-0.1, -0.05) is 34.1 Å². The average Bonchev–Trinajstić information content (AvgIpc) is 2.65. The molecular weight excluding hydrogens is 388 g/mol. The zero-order valence-electron chi connectivity index (χ0n) is 16.6. The highest BCUT2D eigenvalue weighted by atomic mass is 32.1. The normalized spacial score (nSPS) is 16.4. The maximum atomic E-state index is 12.4. The zero-order valence-corrected chi connectivity index (χ0v) is 17.5. The number of nitrogens with two attached hydrogens (primary N) is 1. The highest BCUT2D eigenvalue weighted by Crippen LogP contribution is 2.08. The molecule has 0 aromatic rings. The van der Waals surface area contributed by atoms with Gasteiger partial charge in [-0.15, -0.1) is 0 Å². The molecule has 0 spiro atoms. The van der Waals surface area contributed by atoms with Gasteiger partial charge in [-0.25, -0.2) is 4.79 Å². The monoisotopic (exact) mass is 420 g/mol. The summed E-state index contributed by atoms with van der Waals surface area (Å²) in [5.41, 5.74) is 5.74. The van der Waals surface area contributed by atoms with E-state index in [0.29, 0.717) is 6.42 Å². The van der Waals surface area contributed by atoms with Crippen LogP contribution in [0, 0.1) is 11.8 Å². The van der Waals surface area contributed by atoms with Crippen LogP contribution in [0.25, 0.3) is 0 Å². The Morgan fingerprint density at radius 2 is 1.46 bits per heavy atom. The summed E-state index contributed by atoms with van der Waals surface area (Å²) in [6, 6.07) is -4.43. The standard InChI is InChI=1S/C17H32N4O6S/c1-5-9(4)13(17(26)27)21-14(23)10(6-22)19-15(24)11(7-28)20-16(25)12(18)8(2)3/h8-13,22,28H,5-7,18H2,1-4H3,(H,19,24)(H,20,25)(H,21,23)(H,26,27). The molecule has 0 fully saturated rings. The Balaban J connectivity index is 5.05. The zero-order chi connectivity index (χ0) is 22.0. The number of hydrogen-bond acceptors (Lipinski definition) is 7. The van der Waals surface area contributed by atoms with Crippen LogP contribution in [-0.2, 0) is 19.2 Å². The van der Waals surface area contributed by atoms with Crippen LogP contribution in [-0.4, -0.2) is 70.4 Å². The summed E-state index contributed by atoms with van der Waals surface area (Å²) in [5, 5.41) is 25.7. The van der Waals surface area contributed by atoms with Crippen molar-refractivity contribution in [3.05, 3.63) is 0 Å². The van der Waals surface area contributed by atoms with E-state index in [1.54, 1.807) is 27.7 Å². The van der Waals surface area contributed by atoms with E-state index >= 15 is 0 Å². The molecule has 162 valence electrons. The second-order valence-electron chi connectivity index (χ2n) is 6.97. The highest BCUT2D eigenvalue weighted by Gasteiger charge is 2.31. The van der Waals surface area contributed by atoms with Crippen LogP contribution < -0.4 is 21.7 Å². The lowest BCUT2D eigenvalue weighted by atomic mass is 9.99. The summed E-state index contributed by atoms with van der Waals surface area (Å²) >= 11 is 4.02. The fraction of sp³-hybridized carbons (Fsp3) is 0.765. The number of thiol groups is 1. The highest BCUT2D eigenvalue weighted by molar-refractivity contribution is 7.80. The van der Waals surface area contributed by atoms with Crippen molar-refractivity contribution in [1.29, 1.82) is 0 Å². The van der Waals surface area contributed by atoms with Gasteiger partial charge >= 0.3 is 5.97 Å². The Morgan fingerprint density at radius 1 is 0.964 bits per heavy atom. The lowest BCUT2D eigenvalue weighted by molar-refractivity contribution is -0.144. The molecule has 0 rings (SSSR count). The van der Waals surface area contributed by atoms with Gasteiger partial charge in [-0.3, -0.25) is 14.4 Å². The number of aliphatic carboxylic acids is 1. The Morgan fingerprint density at radius 3 is 1.86 bits per heavy atom. The van der Waals surface area contributed by atoms with Crippen LogP contribution in [0.5, 0.6) is 0 Å². The van der Waals surface area contributed by atoms with Crippen LogP contribution in [0.1, 0.15) is 34.1 Å². The second kappa shape index (κ2) is 12.6. The van der Waals surface area contributed by atoms with Crippen LogP contribution in [0.2, 0.25) is 0 Å². The number of hydrogen-bond donors (Lipinski definition) is 7. The second-order valence-corrected chi connectivity index (χ2v) is 7.33. The van der Waals surface area contributed by atoms with Crippen molar-refractivity contribution in [2.75, 3.05) is 12.4 Å². The van der Waals surface area contributed by atoms with Gasteiger partial charge in [-0.05, 0) is 11.8 Å². The topological polar surface area (TPSA) is 171 Å². The Bertz CT molecular complexity index is 560. The first-order chi connectivity index (χ1) is 13.0. The van der Waals surface area contributed by atoms with E-state index in [2.05, 4.69) is 28.6 Å². The molecule has 0 radical (unpaired) electrons. The third-order valence-electron chi connectivity index (χ3n) is 4.43. The number of rotatable bonds is 12. The largest absolute Gasteiger partial charge is 0.480 e. The van der Waals surface area contributed by atoms with Gasteiger partial charge in [0.15, 0.2) is 0 Å². The summed E-state index contributed by atoms with van der Waals surface area (Å²) in [5.74, 6) is -3.90. The van der Waals surface area contributed by atoms with E-state index in [-0.39, 0.29) is 17.6 Å². The molecule has 0 aromatic heterocycles. The minimum absolute atomic E-state index is 0.0627. The first-order valence-electron chi connectivity index (χ1n) is 9.11. The first kappa shape index (κ1) is 26.1. The molecular formula is C17H32N4O6S. The molecule has 0 aliphatic carbocycles. The van der Waals surface area contributed by atoms with E-state index in [9.17, 15) is 29.4 Å². The van der Waals surface area contributed by atoms with Crippen molar-refractivity contribution in [3.8, 4) is 0 Å². The summed E-state index contributed by atoms with van der Waals surface area (Å²) in [6.07, 6.45) is 0.511. The molecule has 10 nitrogen and oxygen atoms in total. The number of carbonyl (C=O) groups is 4. The predicted molar refractivity (Wildman–Crippen MR) is 107 cm³/mol. The summed E-state index contributed by atoms with van der Waals surface area (Å²) in [6.45, 7) is 6.20. The third kappa shape index (κ3) is 8.03. The maximum absolute atomic E-state index is 12.4. The molecule has 11 heteroatoms. The lowest BCUT2D eigenvalue weighted by Crippen LogP contribution is -2.59. The van der Waals surface area contributed by atoms with Gasteiger partial charge in [0, 0.05) is 5.75 Å². The molecule has 0 aliphatic rings. The molecule has 3 amide bonds. The molecule has 0 aliphatic heterocycles. The molecule has 5 atom stereocenters. The molecule has 28 heavy (non-hydrogen) atoms. The van der Waals surface area contributed by atoms with E-state index < -0.39 is 54.5 Å². The molecule has 0 aromatic carbocycles. The number of carbonyl (C=O) groups excluding carboxylic acids is 3. The summed E-state index contributed by atoms with van der Waals surface area (Å²) < 4.78 is 0. The van der Waals surface area contributed by atoms with Crippen molar-refractivity contribution < 1.29 is 29.4 Å². The smallest absolute Gasteiger partial charge is 0.326 e. The molecule has 0 heterocycles. The lowest BCUT2D eigenvalue weighted by Gasteiger charge is -2.25. The molecule has 5 unspecified atom stereocenters. The van der Waals surface area contributed by atoms with Gasteiger partial charge in [0.25, 0.3) is 0 Å². The predicted octanol–water partition coefficient (Wildman–Crippen LogP) is -1.52. The Hall–Kier alpha value is -1.85. The Kier molecular flexibility index (Phi) is 11.7. The molecule has 7 N–H and O–H groups in total. The minimum atomic E-state index is -1.38. The molecule has 0 bridgehead atoms. The number of carboxylic acids is 1. The van der Waals surface area contributed by atoms with Crippen molar-refractivity contribution in [2.24, 2.45) is 17.6 Å². The molecule has 0 saturated carbocycles. The van der Waals surface area contributed by atoms with E-state index in [0.717, 1.165) is 0 Å². The third-order valence-corrected chi connectivity index (χ3v) is 4.79. The van der Waals surface area contributed by atoms with Gasteiger partial charge in [-0.2, -0.15) is 12.6 Å². The quantitative estimate of drug-likeness (QED) is 0.188. The minimum Gasteiger partial charge on any atom is -0.480 e. The van der Waals surface area contributed by atoms with E-state index in [1.165, 1.54) is 0 Å². The van der Waals surface area contributed by atoms with Crippen molar-refractivity contribution in [1.82, 2.24) is 16.0 Å². The van der Waals surface area contributed by atoms with Gasteiger partial charge in [0.2, 0.25) is 17.7 Å². The summed E-state index contributed by atoms with van der Waals surface area (Å²) in [7, 11) is 0. The van der Waals surface area contributed by atoms with E-state index in [1.807, 2.05) is 0 Å². The number of carboxylic acid groups (broad SMARTS) is 1. The van der Waals surface area contributed by atoms with Crippen molar-refractivity contribution in [3.63, 3.8) is 0 Å². The Labute approximate surface area is 170 Å². The SMILES string of the molecule is CCC(C)C(NC(=O)C(CO)NC(=O)C(CS)NC(=O)C(N)C(C)C)C(=O)O. The number of amides is 3. The van der Waals surface area contributed by atoms with Crippen molar-refractivity contribution in [2.45, 2.75) is 58.3 Å². The van der Waals surface area contributed by atoms with E-state index in [4.69, 9.17) is 5.73 Å². The van der Waals surface area contributed by atoms with Crippen LogP contribution in [0.3, 0.4) is 0 Å². The fourth-order valence-corrected chi connectivity index (χ4v) is 2.43. The van der Waals surface area contributed by atoms with Gasteiger partial charge in [0.1, 0.15) is 18.1 Å². The molecule has 0 saturated heterocycles. The van der Waals surface area contributed by atoms with Gasteiger partial charge in [0.05, 0.1) is 12.6 Å². The van der Waals surface area contributed by atoms with Crippen LogP contribution in [0.15, 0.2) is 0 Å². The number of aliphatic hydroxyl groups excluding tert-OH is 1. The number of aliphatic hydroxyl groups is 1.